The molecule has 0 aromatic rings. The molecule has 0 unspecified atom stereocenters. The summed E-state index contributed by atoms with van der Waals surface area (Å²) in [5.41, 5.74) is 0. The lowest BCUT2D eigenvalue weighted by Crippen LogP contribution is -2.33. The monoisotopic (exact) mass is 256 g/mol. The molecule has 0 spiro atoms. The number of rotatable bonds is 8. The maximum atomic E-state index is 12.1. The second-order valence-electron chi connectivity index (χ2n) is 4.93. The van der Waals surface area contributed by atoms with Gasteiger partial charge in [0.25, 0.3) is 0 Å². The molecule has 1 aliphatic heterocycles. The van der Waals surface area contributed by atoms with E-state index in [0.717, 1.165) is 52.4 Å². The molecule has 4 nitrogen and oxygen atoms in total. The van der Waals surface area contributed by atoms with Gasteiger partial charge in [-0.2, -0.15) is 0 Å². The van der Waals surface area contributed by atoms with Crippen molar-refractivity contribution in [3.05, 3.63) is 0 Å². The first kappa shape index (κ1) is 15.4. The minimum Gasteiger partial charge on any atom is -0.381 e. The number of ether oxygens (including phenoxy) is 1. The molecule has 1 heterocycles. The summed E-state index contributed by atoms with van der Waals surface area (Å²) in [5, 5.41) is 0. The van der Waals surface area contributed by atoms with E-state index in [9.17, 15) is 4.79 Å². The number of hydrogen-bond acceptors (Lipinski definition) is 3. The number of carbonyl (C=O) groups excluding carboxylic acids is 1. The molecular weight excluding hydrogens is 228 g/mol. The molecule has 1 fully saturated rings. The van der Waals surface area contributed by atoms with Crippen molar-refractivity contribution in [2.24, 2.45) is 5.92 Å². The molecule has 1 amide bonds. The normalized spacial score (nSPS) is 19.8. The molecule has 0 aromatic carbocycles. The Bertz CT molecular complexity index is 242. The lowest BCUT2D eigenvalue weighted by atomic mass is 10.1. The quantitative estimate of drug-likeness (QED) is 0.661. The first-order valence-corrected chi connectivity index (χ1v) is 7.29. The molecule has 0 N–H and O–H groups in total. The fraction of sp³-hybridized carbons (Fsp3) is 0.929. The van der Waals surface area contributed by atoms with Crippen molar-refractivity contribution in [1.29, 1.82) is 0 Å². The van der Waals surface area contributed by atoms with E-state index in [1.54, 1.807) is 0 Å². The van der Waals surface area contributed by atoms with E-state index in [-0.39, 0.29) is 0 Å². The van der Waals surface area contributed by atoms with Crippen molar-refractivity contribution in [2.45, 2.75) is 33.6 Å². The van der Waals surface area contributed by atoms with Crippen LogP contribution in [-0.4, -0.2) is 61.6 Å². The van der Waals surface area contributed by atoms with Gasteiger partial charge in [0, 0.05) is 38.6 Å². The van der Waals surface area contributed by atoms with Gasteiger partial charge in [-0.25, -0.2) is 0 Å². The van der Waals surface area contributed by atoms with E-state index in [1.165, 1.54) is 0 Å². The maximum absolute atomic E-state index is 12.1. The highest BCUT2D eigenvalue weighted by Crippen LogP contribution is 2.17. The topological polar surface area (TPSA) is 32.8 Å². The smallest absolute Gasteiger partial charge is 0.223 e. The first-order chi connectivity index (χ1) is 8.71. The summed E-state index contributed by atoms with van der Waals surface area (Å²) >= 11 is 0. The summed E-state index contributed by atoms with van der Waals surface area (Å²) in [7, 11) is 0. The highest BCUT2D eigenvalue weighted by atomic mass is 16.5. The van der Waals surface area contributed by atoms with Crippen molar-refractivity contribution in [1.82, 2.24) is 9.80 Å². The molecular formula is C14H28N2O2. The second kappa shape index (κ2) is 8.48. The summed E-state index contributed by atoms with van der Waals surface area (Å²) < 4.78 is 5.43. The van der Waals surface area contributed by atoms with Crippen LogP contribution in [0.25, 0.3) is 0 Å². The number of amides is 1. The van der Waals surface area contributed by atoms with E-state index < -0.39 is 0 Å². The summed E-state index contributed by atoms with van der Waals surface area (Å²) in [5.74, 6) is 0.850. The van der Waals surface area contributed by atoms with Crippen molar-refractivity contribution in [2.75, 3.05) is 45.9 Å². The molecule has 0 saturated carbocycles. The Labute approximate surface area is 111 Å². The molecule has 4 heteroatoms. The Balaban J connectivity index is 2.23. The molecule has 18 heavy (non-hydrogen) atoms. The number of nitrogens with zero attached hydrogens (tertiary/aromatic N) is 2. The van der Waals surface area contributed by atoms with Crippen molar-refractivity contribution >= 4 is 5.91 Å². The average molecular weight is 256 g/mol. The number of likely N-dealkylation sites (tertiary alicyclic amines) is 1. The minimum absolute atomic E-state index is 0.306. The van der Waals surface area contributed by atoms with E-state index >= 15 is 0 Å². The Morgan fingerprint density at radius 1 is 1.33 bits per heavy atom. The summed E-state index contributed by atoms with van der Waals surface area (Å²) in [6.07, 6.45) is 1.75. The van der Waals surface area contributed by atoms with Crippen LogP contribution in [-0.2, 0) is 9.53 Å². The zero-order valence-electron chi connectivity index (χ0n) is 12.2. The second-order valence-corrected chi connectivity index (χ2v) is 4.93. The van der Waals surface area contributed by atoms with Gasteiger partial charge in [0.05, 0.1) is 6.61 Å². The highest BCUT2D eigenvalue weighted by molar-refractivity contribution is 5.76. The molecule has 1 saturated heterocycles. The SMILES string of the molecule is CCOC[C@@H]1CCN(C(=O)CCN(CC)CC)C1. The largest absolute Gasteiger partial charge is 0.381 e. The minimum atomic E-state index is 0.306. The predicted octanol–water partition coefficient (Wildman–Crippen LogP) is 1.60. The van der Waals surface area contributed by atoms with Crippen LogP contribution in [0.1, 0.15) is 33.6 Å². The molecule has 106 valence electrons. The number of carbonyl (C=O) groups is 1. The van der Waals surface area contributed by atoms with Gasteiger partial charge >= 0.3 is 0 Å². The van der Waals surface area contributed by atoms with E-state index in [4.69, 9.17) is 4.74 Å². The molecule has 1 aliphatic rings. The van der Waals surface area contributed by atoms with E-state index in [2.05, 4.69) is 18.7 Å². The fourth-order valence-corrected chi connectivity index (χ4v) is 2.43. The van der Waals surface area contributed by atoms with Gasteiger partial charge in [-0.3, -0.25) is 4.79 Å². The van der Waals surface area contributed by atoms with Crippen LogP contribution in [0.3, 0.4) is 0 Å². The van der Waals surface area contributed by atoms with E-state index in [1.807, 2.05) is 11.8 Å². The Morgan fingerprint density at radius 2 is 2.06 bits per heavy atom. The van der Waals surface area contributed by atoms with Gasteiger partial charge in [0.1, 0.15) is 0 Å². The van der Waals surface area contributed by atoms with Crippen LogP contribution in [0.2, 0.25) is 0 Å². The van der Waals surface area contributed by atoms with Crippen LogP contribution < -0.4 is 0 Å². The fourth-order valence-electron chi connectivity index (χ4n) is 2.43. The third-order valence-corrected chi connectivity index (χ3v) is 3.73. The first-order valence-electron chi connectivity index (χ1n) is 7.29. The van der Waals surface area contributed by atoms with Crippen LogP contribution in [0.15, 0.2) is 0 Å². The van der Waals surface area contributed by atoms with Gasteiger partial charge in [0.2, 0.25) is 5.91 Å². The average Bonchev–Trinajstić information content (AvgIpc) is 2.86. The lowest BCUT2D eigenvalue weighted by molar-refractivity contribution is -0.130. The van der Waals surface area contributed by atoms with Crippen LogP contribution in [0.5, 0.6) is 0 Å². The lowest BCUT2D eigenvalue weighted by Gasteiger charge is -2.21. The summed E-state index contributed by atoms with van der Waals surface area (Å²) in [4.78, 5) is 16.4. The van der Waals surface area contributed by atoms with Crippen LogP contribution in [0.4, 0.5) is 0 Å². The zero-order valence-corrected chi connectivity index (χ0v) is 12.2. The van der Waals surface area contributed by atoms with E-state index in [0.29, 0.717) is 18.2 Å². The molecule has 1 atom stereocenters. The van der Waals surface area contributed by atoms with Gasteiger partial charge in [-0.05, 0) is 26.4 Å². The van der Waals surface area contributed by atoms with Crippen molar-refractivity contribution < 1.29 is 9.53 Å². The van der Waals surface area contributed by atoms with Gasteiger partial charge in [-0.15, -0.1) is 0 Å². The van der Waals surface area contributed by atoms with Gasteiger partial charge in [-0.1, -0.05) is 13.8 Å². The highest BCUT2D eigenvalue weighted by Gasteiger charge is 2.25. The Hall–Kier alpha value is -0.610. The van der Waals surface area contributed by atoms with Crippen LogP contribution >= 0.6 is 0 Å². The van der Waals surface area contributed by atoms with Crippen molar-refractivity contribution in [3.63, 3.8) is 0 Å². The maximum Gasteiger partial charge on any atom is 0.223 e. The molecule has 0 aliphatic carbocycles. The van der Waals surface area contributed by atoms with Crippen LogP contribution in [0, 0.1) is 5.92 Å². The van der Waals surface area contributed by atoms with Gasteiger partial charge in [0.15, 0.2) is 0 Å². The third-order valence-electron chi connectivity index (χ3n) is 3.73. The summed E-state index contributed by atoms with van der Waals surface area (Å²) in [6.45, 7) is 12.6. The zero-order chi connectivity index (χ0) is 13.4. The van der Waals surface area contributed by atoms with Gasteiger partial charge < -0.3 is 14.5 Å². The summed E-state index contributed by atoms with van der Waals surface area (Å²) in [6, 6.07) is 0. The predicted molar refractivity (Wildman–Crippen MR) is 73.6 cm³/mol. The number of hydrogen-bond donors (Lipinski definition) is 0. The standard InChI is InChI=1S/C14H28N2O2/c1-4-15(5-2)9-8-14(17)16-10-7-13(11-16)12-18-6-3/h13H,4-12H2,1-3H3/t13-/m1/s1. The Morgan fingerprint density at radius 3 is 2.67 bits per heavy atom. The molecule has 0 bridgehead atoms. The Kier molecular flexibility index (Phi) is 7.28. The molecule has 0 radical (unpaired) electrons. The molecule has 0 aromatic heterocycles. The van der Waals surface area contributed by atoms with Crippen molar-refractivity contribution in [3.8, 4) is 0 Å². The molecule has 1 rings (SSSR count). The third kappa shape index (κ3) is 4.94.